The molecular formula is C25H31Cl2N3O3. The number of halogens is 2. The van der Waals surface area contributed by atoms with Crippen molar-refractivity contribution in [3.05, 3.63) is 63.9 Å². The van der Waals surface area contributed by atoms with Crippen LogP contribution in [0, 0.1) is 5.92 Å². The van der Waals surface area contributed by atoms with Crippen molar-refractivity contribution in [2.24, 2.45) is 5.92 Å². The van der Waals surface area contributed by atoms with Gasteiger partial charge in [0.05, 0.1) is 22.3 Å². The van der Waals surface area contributed by atoms with Gasteiger partial charge >= 0.3 is 6.09 Å². The molecule has 33 heavy (non-hydrogen) atoms. The maximum atomic E-state index is 13.3. The number of rotatable bonds is 6. The van der Waals surface area contributed by atoms with E-state index in [4.69, 9.17) is 27.9 Å². The smallest absolute Gasteiger partial charge is 0.410 e. The van der Waals surface area contributed by atoms with Crippen LogP contribution in [-0.4, -0.2) is 45.5 Å². The van der Waals surface area contributed by atoms with Crippen LogP contribution >= 0.6 is 23.2 Å². The van der Waals surface area contributed by atoms with E-state index < -0.39 is 5.60 Å². The average Bonchev–Trinajstić information content (AvgIpc) is 2.76. The molecule has 1 aromatic carbocycles. The number of pyridine rings is 1. The number of aromatic nitrogens is 1. The zero-order chi connectivity index (χ0) is 24.0. The number of carbonyl (C=O) groups excluding carboxylic acids is 2. The van der Waals surface area contributed by atoms with Crippen molar-refractivity contribution in [3.63, 3.8) is 0 Å². The molecule has 1 fully saturated rings. The first-order chi connectivity index (χ1) is 15.6. The lowest BCUT2D eigenvalue weighted by Gasteiger charge is -2.34. The highest BCUT2D eigenvalue weighted by Gasteiger charge is 2.29. The van der Waals surface area contributed by atoms with Gasteiger partial charge in [0.1, 0.15) is 5.60 Å². The Labute approximate surface area is 205 Å². The van der Waals surface area contributed by atoms with Gasteiger partial charge in [0, 0.05) is 32.3 Å². The molecule has 1 aliphatic heterocycles. The van der Waals surface area contributed by atoms with E-state index in [1.165, 1.54) is 0 Å². The van der Waals surface area contributed by atoms with E-state index in [0.717, 1.165) is 24.1 Å². The van der Waals surface area contributed by atoms with Gasteiger partial charge in [-0.05, 0) is 69.4 Å². The molecule has 0 atom stereocenters. The summed E-state index contributed by atoms with van der Waals surface area (Å²) < 4.78 is 5.47. The van der Waals surface area contributed by atoms with Crippen molar-refractivity contribution < 1.29 is 14.3 Å². The van der Waals surface area contributed by atoms with Crippen molar-refractivity contribution in [2.75, 3.05) is 13.1 Å². The average molecular weight is 492 g/mol. The van der Waals surface area contributed by atoms with Crippen LogP contribution in [0.3, 0.4) is 0 Å². The van der Waals surface area contributed by atoms with Crippen LogP contribution in [0.2, 0.25) is 10.0 Å². The number of likely N-dealkylation sites (tertiary alicyclic amines) is 1. The van der Waals surface area contributed by atoms with Gasteiger partial charge in [-0.2, -0.15) is 0 Å². The minimum absolute atomic E-state index is 0.0578. The zero-order valence-corrected chi connectivity index (χ0v) is 20.9. The molecule has 0 N–H and O–H groups in total. The molecule has 1 aliphatic rings. The van der Waals surface area contributed by atoms with E-state index in [2.05, 4.69) is 4.98 Å². The fourth-order valence-corrected chi connectivity index (χ4v) is 4.12. The molecule has 6 nitrogen and oxygen atoms in total. The summed E-state index contributed by atoms with van der Waals surface area (Å²) in [7, 11) is 0. The summed E-state index contributed by atoms with van der Waals surface area (Å²) in [6.07, 6.45) is 3.41. The highest BCUT2D eigenvalue weighted by atomic mass is 35.5. The highest BCUT2D eigenvalue weighted by Crippen LogP contribution is 2.26. The second-order valence-electron chi connectivity index (χ2n) is 9.43. The summed E-state index contributed by atoms with van der Waals surface area (Å²) in [4.78, 5) is 33.5. The van der Waals surface area contributed by atoms with Crippen LogP contribution in [0.25, 0.3) is 0 Å². The number of hydrogen-bond acceptors (Lipinski definition) is 4. The quantitative estimate of drug-likeness (QED) is 0.500. The molecule has 0 aliphatic carbocycles. The Bertz CT molecular complexity index is 955. The first-order valence-electron chi connectivity index (χ1n) is 11.2. The third-order valence-corrected chi connectivity index (χ3v) is 6.26. The number of ether oxygens (including phenoxy) is 1. The standard InChI is InChI=1S/C25H31Cl2N3O3/c1-25(2,3)33-24(32)29-12-9-18(10-13-29)15-23(31)30(17-20-6-4-5-11-28-20)16-19-7-8-21(26)22(27)14-19/h4-8,11,14,18H,9-10,12-13,15-17H2,1-3H3. The number of benzene rings is 1. The molecule has 0 spiro atoms. The lowest BCUT2D eigenvalue weighted by molar-refractivity contribution is -0.133. The van der Waals surface area contributed by atoms with E-state index in [-0.39, 0.29) is 17.9 Å². The third-order valence-electron chi connectivity index (χ3n) is 5.52. The Morgan fingerprint density at radius 2 is 1.82 bits per heavy atom. The van der Waals surface area contributed by atoms with Gasteiger partial charge in [0.2, 0.25) is 5.91 Å². The van der Waals surface area contributed by atoms with Gasteiger partial charge in [0.15, 0.2) is 0 Å². The van der Waals surface area contributed by atoms with Gasteiger partial charge in [-0.25, -0.2) is 4.79 Å². The molecule has 8 heteroatoms. The maximum Gasteiger partial charge on any atom is 0.410 e. The van der Waals surface area contributed by atoms with Crippen LogP contribution < -0.4 is 0 Å². The summed E-state index contributed by atoms with van der Waals surface area (Å²) in [5.41, 5.74) is 1.22. The summed E-state index contributed by atoms with van der Waals surface area (Å²) in [6, 6.07) is 11.1. The Kier molecular flexibility index (Phi) is 8.60. The molecule has 3 rings (SSSR count). The van der Waals surface area contributed by atoms with Gasteiger partial charge < -0.3 is 14.5 Å². The SMILES string of the molecule is CC(C)(C)OC(=O)N1CCC(CC(=O)N(Cc2ccc(Cl)c(Cl)c2)Cc2ccccn2)CC1. The van der Waals surface area contributed by atoms with Crippen LogP contribution in [0.4, 0.5) is 4.79 Å². The van der Waals surface area contributed by atoms with E-state index in [1.54, 1.807) is 23.2 Å². The van der Waals surface area contributed by atoms with Crippen molar-refractivity contribution in [1.82, 2.24) is 14.8 Å². The summed E-state index contributed by atoms with van der Waals surface area (Å²) in [5, 5.41) is 0.952. The van der Waals surface area contributed by atoms with E-state index >= 15 is 0 Å². The number of nitrogens with zero attached hydrogens (tertiary/aromatic N) is 3. The summed E-state index contributed by atoms with van der Waals surface area (Å²) >= 11 is 12.2. The van der Waals surface area contributed by atoms with Gasteiger partial charge in [-0.3, -0.25) is 9.78 Å². The normalized spacial score (nSPS) is 14.8. The van der Waals surface area contributed by atoms with Crippen molar-refractivity contribution in [3.8, 4) is 0 Å². The van der Waals surface area contributed by atoms with Crippen LogP contribution in [0.5, 0.6) is 0 Å². The van der Waals surface area contributed by atoms with Gasteiger partial charge in [0.25, 0.3) is 0 Å². The second kappa shape index (κ2) is 11.2. The summed E-state index contributed by atoms with van der Waals surface area (Å²) in [6.45, 7) is 7.61. The molecule has 0 radical (unpaired) electrons. The minimum Gasteiger partial charge on any atom is -0.444 e. The largest absolute Gasteiger partial charge is 0.444 e. The third kappa shape index (κ3) is 7.90. The van der Waals surface area contributed by atoms with Gasteiger partial charge in [-0.1, -0.05) is 35.3 Å². The maximum absolute atomic E-state index is 13.3. The first kappa shape index (κ1) is 25.3. The number of hydrogen-bond donors (Lipinski definition) is 0. The molecule has 0 bridgehead atoms. The molecule has 178 valence electrons. The monoisotopic (exact) mass is 491 g/mol. The predicted molar refractivity (Wildman–Crippen MR) is 130 cm³/mol. The molecular weight excluding hydrogens is 461 g/mol. The van der Waals surface area contributed by atoms with Gasteiger partial charge in [-0.15, -0.1) is 0 Å². The summed E-state index contributed by atoms with van der Waals surface area (Å²) in [5.74, 6) is 0.277. The molecule has 1 aromatic heterocycles. The number of piperidine rings is 1. The van der Waals surface area contributed by atoms with Crippen LogP contribution in [0.15, 0.2) is 42.6 Å². The Morgan fingerprint density at radius 1 is 1.09 bits per heavy atom. The van der Waals surface area contributed by atoms with E-state index in [1.807, 2.05) is 49.9 Å². The predicted octanol–water partition coefficient (Wildman–Crippen LogP) is 5.95. The van der Waals surface area contributed by atoms with E-state index in [0.29, 0.717) is 42.6 Å². The molecule has 2 aromatic rings. The molecule has 2 amide bonds. The fourth-order valence-electron chi connectivity index (χ4n) is 3.80. The van der Waals surface area contributed by atoms with E-state index in [9.17, 15) is 9.59 Å². The minimum atomic E-state index is -0.513. The lowest BCUT2D eigenvalue weighted by Crippen LogP contribution is -2.42. The molecule has 0 saturated carbocycles. The van der Waals surface area contributed by atoms with Crippen molar-refractivity contribution in [1.29, 1.82) is 0 Å². The Morgan fingerprint density at radius 3 is 2.42 bits per heavy atom. The molecule has 0 unspecified atom stereocenters. The number of amides is 2. The second-order valence-corrected chi connectivity index (χ2v) is 10.2. The Hall–Kier alpha value is -2.31. The fraction of sp³-hybridized carbons (Fsp3) is 0.480. The zero-order valence-electron chi connectivity index (χ0n) is 19.4. The van der Waals surface area contributed by atoms with Crippen LogP contribution in [-0.2, 0) is 22.6 Å². The molecule has 2 heterocycles. The van der Waals surface area contributed by atoms with Crippen LogP contribution in [0.1, 0.15) is 51.3 Å². The van der Waals surface area contributed by atoms with Crippen molar-refractivity contribution >= 4 is 35.2 Å². The first-order valence-corrected chi connectivity index (χ1v) is 12.0. The molecule has 1 saturated heterocycles. The Balaban J connectivity index is 1.62. The highest BCUT2D eigenvalue weighted by molar-refractivity contribution is 6.42. The topological polar surface area (TPSA) is 62.7 Å². The van der Waals surface area contributed by atoms with Crippen molar-refractivity contribution in [2.45, 2.75) is 58.7 Å². The number of carbonyl (C=O) groups is 2. The lowest BCUT2D eigenvalue weighted by atomic mass is 9.93.